The van der Waals surface area contributed by atoms with Gasteiger partial charge in [-0.15, -0.1) is 11.3 Å². The van der Waals surface area contributed by atoms with Gasteiger partial charge in [0.25, 0.3) is 5.91 Å². The number of rotatable bonds is 7. The predicted molar refractivity (Wildman–Crippen MR) is 100 cm³/mol. The summed E-state index contributed by atoms with van der Waals surface area (Å²) in [6.45, 7) is 5.86. The Morgan fingerprint density at radius 1 is 1.27 bits per heavy atom. The van der Waals surface area contributed by atoms with Gasteiger partial charge in [-0.05, 0) is 25.8 Å². The number of esters is 1. The van der Waals surface area contributed by atoms with E-state index in [0.717, 1.165) is 27.1 Å². The molecule has 0 radical (unpaired) electrons. The zero-order chi connectivity index (χ0) is 19.1. The van der Waals surface area contributed by atoms with Crippen LogP contribution in [0.5, 0.6) is 0 Å². The summed E-state index contributed by atoms with van der Waals surface area (Å²) in [5, 5.41) is 6.23. The van der Waals surface area contributed by atoms with Crippen molar-refractivity contribution >= 4 is 51.2 Å². The van der Waals surface area contributed by atoms with E-state index in [2.05, 4.69) is 20.6 Å². The largest absolute Gasteiger partial charge is 0.455 e. The Hall–Kier alpha value is -2.20. The molecule has 3 amide bonds. The van der Waals surface area contributed by atoms with Crippen molar-refractivity contribution in [3.05, 3.63) is 16.8 Å². The summed E-state index contributed by atoms with van der Waals surface area (Å²) in [4.78, 5) is 45.2. The number of carbonyl (C=O) groups excluding carboxylic acids is 3. The SMILES string of the molecule is CCCNC(=O)NC(=O)COC(=O)CSc1ncnc2sc(C)c(C)c12. The second-order valence-electron chi connectivity index (χ2n) is 5.40. The molecule has 8 nitrogen and oxygen atoms in total. The van der Waals surface area contributed by atoms with E-state index < -0.39 is 24.5 Å². The molecule has 0 saturated carbocycles. The molecule has 2 rings (SSSR count). The first-order valence-corrected chi connectivity index (χ1v) is 9.79. The lowest BCUT2D eigenvalue weighted by molar-refractivity contribution is -0.145. The van der Waals surface area contributed by atoms with Gasteiger partial charge < -0.3 is 10.1 Å². The number of thioether (sulfide) groups is 1. The zero-order valence-electron chi connectivity index (χ0n) is 14.7. The van der Waals surface area contributed by atoms with Crippen LogP contribution in [-0.4, -0.2) is 46.8 Å². The minimum atomic E-state index is -0.675. The first kappa shape index (κ1) is 20.1. The smallest absolute Gasteiger partial charge is 0.321 e. The average molecular weight is 396 g/mol. The molecule has 0 unspecified atom stereocenters. The summed E-state index contributed by atoms with van der Waals surface area (Å²) in [6, 6.07) is -0.603. The second-order valence-corrected chi connectivity index (χ2v) is 7.56. The Morgan fingerprint density at radius 3 is 2.77 bits per heavy atom. The Morgan fingerprint density at radius 2 is 2.04 bits per heavy atom. The van der Waals surface area contributed by atoms with Gasteiger partial charge in [0.1, 0.15) is 16.2 Å². The fourth-order valence-corrected chi connectivity index (χ4v) is 3.94. The molecular weight excluding hydrogens is 376 g/mol. The van der Waals surface area contributed by atoms with E-state index in [9.17, 15) is 14.4 Å². The zero-order valence-corrected chi connectivity index (χ0v) is 16.4. The Bertz CT molecular complexity index is 822. The lowest BCUT2D eigenvalue weighted by Gasteiger charge is -2.07. The molecule has 0 saturated heterocycles. The highest BCUT2D eigenvalue weighted by molar-refractivity contribution is 8.00. The van der Waals surface area contributed by atoms with Gasteiger partial charge in [-0.1, -0.05) is 18.7 Å². The van der Waals surface area contributed by atoms with Crippen molar-refractivity contribution in [2.75, 3.05) is 18.9 Å². The molecule has 0 fully saturated rings. The van der Waals surface area contributed by atoms with E-state index in [1.54, 1.807) is 11.3 Å². The van der Waals surface area contributed by atoms with Crippen LogP contribution >= 0.6 is 23.1 Å². The van der Waals surface area contributed by atoms with Gasteiger partial charge in [-0.3, -0.25) is 14.9 Å². The van der Waals surface area contributed by atoms with Gasteiger partial charge in [-0.2, -0.15) is 0 Å². The fraction of sp³-hybridized carbons (Fsp3) is 0.438. The highest BCUT2D eigenvalue weighted by Gasteiger charge is 2.15. The number of fused-ring (bicyclic) bond motifs is 1. The monoisotopic (exact) mass is 396 g/mol. The summed E-state index contributed by atoms with van der Waals surface area (Å²) in [7, 11) is 0. The first-order chi connectivity index (χ1) is 12.4. The van der Waals surface area contributed by atoms with Gasteiger partial charge in [0.2, 0.25) is 0 Å². The molecule has 10 heteroatoms. The summed E-state index contributed by atoms with van der Waals surface area (Å²) in [5.74, 6) is -1.23. The summed E-state index contributed by atoms with van der Waals surface area (Å²) >= 11 is 2.81. The van der Waals surface area contributed by atoms with E-state index in [-0.39, 0.29) is 5.75 Å². The van der Waals surface area contributed by atoms with E-state index in [0.29, 0.717) is 11.6 Å². The molecule has 2 N–H and O–H groups in total. The number of nitrogens with zero attached hydrogens (tertiary/aromatic N) is 2. The number of hydrogen-bond donors (Lipinski definition) is 2. The van der Waals surface area contributed by atoms with Crippen molar-refractivity contribution in [3.8, 4) is 0 Å². The number of ether oxygens (including phenoxy) is 1. The number of nitrogens with one attached hydrogen (secondary N) is 2. The van der Waals surface area contributed by atoms with Crippen molar-refractivity contribution in [2.24, 2.45) is 0 Å². The van der Waals surface area contributed by atoms with Crippen molar-refractivity contribution in [2.45, 2.75) is 32.2 Å². The molecule has 0 aromatic carbocycles. The summed E-state index contributed by atoms with van der Waals surface area (Å²) in [6.07, 6.45) is 2.22. The Labute approximate surface area is 159 Å². The molecule has 2 aromatic heterocycles. The van der Waals surface area contributed by atoms with Crippen LogP contribution in [0.3, 0.4) is 0 Å². The van der Waals surface area contributed by atoms with Crippen LogP contribution in [0.15, 0.2) is 11.4 Å². The average Bonchev–Trinajstić information content (AvgIpc) is 2.91. The normalized spacial score (nSPS) is 10.6. The molecule has 0 bridgehead atoms. The molecule has 26 heavy (non-hydrogen) atoms. The van der Waals surface area contributed by atoms with E-state index >= 15 is 0 Å². The van der Waals surface area contributed by atoms with Gasteiger partial charge in [0, 0.05) is 16.8 Å². The second kappa shape index (κ2) is 9.48. The maximum Gasteiger partial charge on any atom is 0.321 e. The number of aromatic nitrogens is 2. The molecule has 0 aliphatic heterocycles. The third-order valence-electron chi connectivity index (χ3n) is 3.41. The number of aryl methyl sites for hydroxylation is 2. The quantitative estimate of drug-likeness (QED) is 0.419. The maximum absolute atomic E-state index is 11.8. The van der Waals surface area contributed by atoms with Crippen molar-refractivity contribution < 1.29 is 19.1 Å². The topological polar surface area (TPSA) is 110 Å². The molecule has 140 valence electrons. The van der Waals surface area contributed by atoms with Crippen LogP contribution < -0.4 is 10.6 Å². The van der Waals surface area contributed by atoms with Crippen LogP contribution in [-0.2, 0) is 14.3 Å². The molecule has 0 spiro atoms. The van der Waals surface area contributed by atoms with Gasteiger partial charge in [0.15, 0.2) is 6.61 Å². The number of carbonyl (C=O) groups is 3. The van der Waals surface area contributed by atoms with E-state index in [1.807, 2.05) is 20.8 Å². The highest BCUT2D eigenvalue weighted by Crippen LogP contribution is 2.34. The minimum Gasteiger partial charge on any atom is -0.455 e. The van der Waals surface area contributed by atoms with Crippen molar-refractivity contribution in [3.63, 3.8) is 0 Å². The highest BCUT2D eigenvalue weighted by atomic mass is 32.2. The number of urea groups is 1. The van der Waals surface area contributed by atoms with Crippen LogP contribution in [0.1, 0.15) is 23.8 Å². The molecular formula is C16H20N4O4S2. The number of amides is 3. The van der Waals surface area contributed by atoms with Crippen molar-refractivity contribution in [1.82, 2.24) is 20.6 Å². The Balaban J connectivity index is 1.82. The fourth-order valence-electron chi connectivity index (χ4n) is 2.02. The van der Waals surface area contributed by atoms with E-state index in [1.165, 1.54) is 18.1 Å². The molecule has 2 aromatic rings. The van der Waals surface area contributed by atoms with Crippen molar-refractivity contribution in [1.29, 1.82) is 0 Å². The van der Waals surface area contributed by atoms with Crippen LogP contribution in [0.4, 0.5) is 4.79 Å². The number of imide groups is 1. The number of thiophene rings is 1. The first-order valence-electron chi connectivity index (χ1n) is 7.99. The van der Waals surface area contributed by atoms with Crippen LogP contribution in [0.2, 0.25) is 0 Å². The lowest BCUT2D eigenvalue weighted by atomic mass is 10.2. The maximum atomic E-state index is 11.8. The number of hydrogen-bond acceptors (Lipinski definition) is 8. The van der Waals surface area contributed by atoms with Gasteiger partial charge >= 0.3 is 12.0 Å². The van der Waals surface area contributed by atoms with Crippen LogP contribution in [0.25, 0.3) is 10.2 Å². The molecule has 0 atom stereocenters. The third kappa shape index (κ3) is 5.40. The van der Waals surface area contributed by atoms with Gasteiger partial charge in [0.05, 0.1) is 5.75 Å². The lowest BCUT2D eigenvalue weighted by Crippen LogP contribution is -2.41. The predicted octanol–water partition coefficient (Wildman–Crippen LogP) is 2.18. The molecule has 2 heterocycles. The Kier molecular flexibility index (Phi) is 7.34. The van der Waals surface area contributed by atoms with Crippen LogP contribution in [0, 0.1) is 13.8 Å². The standard InChI is InChI=1S/C16H20N4O4S2/c1-4-5-17-16(23)20-11(21)6-24-12(22)7-25-14-13-9(2)10(3)26-15(13)19-8-18-14/h8H,4-7H2,1-3H3,(H2,17,20,21,23). The minimum absolute atomic E-state index is 0.00968. The molecule has 0 aliphatic carbocycles. The molecule has 0 aliphatic rings. The summed E-state index contributed by atoms with van der Waals surface area (Å²) < 4.78 is 4.89. The third-order valence-corrected chi connectivity index (χ3v) is 5.49. The van der Waals surface area contributed by atoms with Gasteiger partial charge in [-0.25, -0.2) is 14.8 Å². The summed E-state index contributed by atoms with van der Waals surface area (Å²) in [5.41, 5.74) is 1.10. The van der Waals surface area contributed by atoms with E-state index in [4.69, 9.17) is 4.74 Å².